The van der Waals surface area contributed by atoms with Crippen molar-refractivity contribution in [3.63, 3.8) is 0 Å². The van der Waals surface area contributed by atoms with Crippen LogP contribution in [0, 0.1) is 0 Å². The van der Waals surface area contributed by atoms with Crippen LogP contribution in [-0.2, 0) is 9.59 Å². The van der Waals surface area contributed by atoms with Gasteiger partial charge >= 0.3 is 11.8 Å². The summed E-state index contributed by atoms with van der Waals surface area (Å²) in [5.74, 6) is -1.14. The minimum absolute atomic E-state index is 0.203. The molecule has 0 bridgehead atoms. The van der Waals surface area contributed by atoms with Gasteiger partial charge in [-0.3, -0.25) is 9.59 Å². The van der Waals surface area contributed by atoms with E-state index in [0.29, 0.717) is 12.8 Å². The molecule has 0 saturated heterocycles. The predicted octanol–water partition coefficient (Wildman–Crippen LogP) is 1.34. The molecule has 0 fully saturated rings. The molecule has 2 unspecified atom stereocenters. The minimum Gasteiger partial charge on any atom is -0.361 e. The second kappa shape index (κ2) is 7.74. The molecule has 2 amide bonds. The highest BCUT2D eigenvalue weighted by molar-refractivity contribution is 6.34. The molecule has 94 valence electrons. The van der Waals surface area contributed by atoms with Crippen LogP contribution in [0.2, 0.25) is 0 Å². The van der Waals surface area contributed by atoms with Crippen LogP contribution in [-0.4, -0.2) is 40.6 Å². The third-order valence-corrected chi connectivity index (χ3v) is 3.24. The normalized spacial score (nSPS) is 14.2. The molecule has 6 heteroatoms. The lowest BCUT2D eigenvalue weighted by molar-refractivity contribution is -0.147. The number of alkyl halides is 2. The number of hydrogen-bond donors (Lipinski definition) is 1. The standard InChI is InChI=1S/C10H18Cl2N2O2/c1-3-7(5-11)14(8(4-2)6-12)10(16)9(13)15/h7-8H,3-6H2,1-2H3,(H2,13,15). The van der Waals surface area contributed by atoms with E-state index in [1.165, 1.54) is 4.90 Å². The first-order valence-electron chi connectivity index (χ1n) is 5.27. The maximum absolute atomic E-state index is 11.7. The largest absolute Gasteiger partial charge is 0.361 e. The van der Waals surface area contributed by atoms with Crippen LogP contribution in [0.1, 0.15) is 26.7 Å². The molecule has 0 rings (SSSR count). The molecule has 0 spiro atoms. The number of halogens is 2. The van der Waals surface area contributed by atoms with Crippen molar-refractivity contribution in [1.82, 2.24) is 4.90 Å². The molecule has 0 aliphatic heterocycles. The van der Waals surface area contributed by atoms with Gasteiger partial charge in [0.15, 0.2) is 0 Å². The summed E-state index contributed by atoms with van der Waals surface area (Å²) in [5, 5.41) is 0. The monoisotopic (exact) mass is 268 g/mol. The van der Waals surface area contributed by atoms with Gasteiger partial charge in [-0.2, -0.15) is 0 Å². The maximum Gasteiger partial charge on any atom is 0.312 e. The summed E-state index contributed by atoms with van der Waals surface area (Å²) in [6, 6.07) is -0.407. The highest BCUT2D eigenvalue weighted by atomic mass is 35.5. The van der Waals surface area contributed by atoms with Gasteiger partial charge in [-0.1, -0.05) is 13.8 Å². The van der Waals surface area contributed by atoms with Crippen LogP contribution in [0.3, 0.4) is 0 Å². The van der Waals surface area contributed by atoms with Gasteiger partial charge in [-0.05, 0) is 12.8 Å². The number of rotatable bonds is 6. The van der Waals surface area contributed by atoms with Crippen LogP contribution in [0.5, 0.6) is 0 Å². The van der Waals surface area contributed by atoms with E-state index < -0.39 is 11.8 Å². The first-order valence-corrected chi connectivity index (χ1v) is 6.34. The first-order chi connectivity index (χ1) is 7.53. The van der Waals surface area contributed by atoms with E-state index in [0.717, 1.165) is 0 Å². The molecule has 0 aliphatic carbocycles. The number of hydrogen-bond acceptors (Lipinski definition) is 2. The van der Waals surface area contributed by atoms with Gasteiger partial charge < -0.3 is 10.6 Å². The Bertz CT molecular complexity index is 229. The van der Waals surface area contributed by atoms with Gasteiger partial charge in [0.1, 0.15) is 0 Å². The third kappa shape index (κ3) is 3.83. The summed E-state index contributed by atoms with van der Waals surface area (Å²) >= 11 is 11.6. The summed E-state index contributed by atoms with van der Waals surface area (Å²) in [7, 11) is 0. The molecule has 0 saturated carbocycles. The zero-order valence-corrected chi connectivity index (χ0v) is 11.1. The van der Waals surface area contributed by atoms with E-state index >= 15 is 0 Å². The van der Waals surface area contributed by atoms with E-state index in [1.807, 2.05) is 13.8 Å². The molecule has 16 heavy (non-hydrogen) atoms. The molecule has 4 nitrogen and oxygen atoms in total. The van der Waals surface area contributed by atoms with E-state index in [-0.39, 0.29) is 23.8 Å². The Labute approximate surface area is 106 Å². The number of nitrogens with zero attached hydrogens (tertiary/aromatic N) is 1. The second-order valence-electron chi connectivity index (χ2n) is 3.51. The van der Waals surface area contributed by atoms with Crippen molar-refractivity contribution in [2.75, 3.05) is 11.8 Å². The van der Waals surface area contributed by atoms with Crippen LogP contribution >= 0.6 is 23.2 Å². The third-order valence-electron chi connectivity index (χ3n) is 2.53. The van der Waals surface area contributed by atoms with Crippen molar-refractivity contribution in [2.24, 2.45) is 5.73 Å². The summed E-state index contributed by atoms with van der Waals surface area (Å²) < 4.78 is 0. The lowest BCUT2D eigenvalue weighted by Gasteiger charge is -2.34. The summed E-state index contributed by atoms with van der Waals surface area (Å²) in [6.45, 7) is 3.80. The number of primary amides is 1. The van der Waals surface area contributed by atoms with Gasteiger partial charge in [-0.15, -0.1) is 23.2 Å². The second-order valence-corrected chi connectivity index (χ2v) is 4.13. The number of nitrogens with two attached hydrogens (primary N) is 1. The Kier molecular flexibility index (Phi) is 7.51. The van der Waals surface area contributed by atoms with Crippen molar-refractivity contribution in [2.45, 2.75) is 38.8 Å². The fraction of sp³-hybridized carbons (Fsp3) is 0.800. The van der Waals surface area contributed by atoms with Gasteiger partial charge in [0.05, 0.1) is 0 Å². The van der Waals surface area contributed by atoms with E-state index in [9.17, 15) is 9.59 Å². The molecular formula is C10H18Cl2N2O2. The van der Waals surface area contributed by atoms with Gasteiger partial charge in [0.2, 0.25) is 0 Å². The molecule has 0 heterocycles. The van der Waals surface area contributed by atoms with E-state index in [1.54, 1.807) is 0 Å². The molecule has 0 aliphatic rings. The molecule has 2 N–H and O–H groups in total. The highest BCUT2D eigenvalue weighted by Crippen LogP contribution is 2.15. The molecule has 0 radical (unpaired) electrons. The molecule has 0 aromatic heterocycles. The molecular weight excluding hydrogens is 251 g/mol. The van der Waals surface area contributed by atoms with Crippen LogP contribution < -0.4 is 5.73 Å². The minimum atomic E-state index is -0.966. The Morgan fingerprint density at radius 1 is 1.12 bits per heavy atom. The summed E-state index contributed by atoms with van der Waals surface area (Å²) in [4.78, 5) is 24.1. The van der Waals surface area contributed by atoms with Crippen LogP contribution in [0.25, 0.3) is 0 Å². The Morgan fingerprint density at radius 3 is 1.69 bits per heavy atom. The van der Waals surface area contributed by atoms with E-state index in [4.69, 9.17) is 28.9 Å². The van der Waals surface area contributed by atoms with Crippen molar-refractivity contribution in [1.29, 1.82) is 0 Å². The molecule has 0 aromatic rings. The Balaban J connectivity index is 5.01. The van der Waals surface area contributed by atoms with Crippen molar-refractivity contribution in [3.8, 4) is 0 Å². The van der Waals surface area contributed by atoms with Crippen LogP contribution in [0.15, 0.2) is 0 Å². The lowest BCUT2D eigenvalue weighted by Crippen LogP contribution is -2.52. The van der Waals surface area contributed by atoms with Crippen molar-refractivity contribution >= 4 is 35.0 Å². The average Bonchev–Trinajstić information content (AvgIpc) is 2.28. The Morgan fingerprint density at radius 2 is 1.50 bits per heavy atom. The van der Waals surface area contributed by atoms with Crippen LogP contribution in [0.4, 0.5) is 0 Å². The lowest BCUT2D eigenvalue weighted by atomic mass is 10.1. The summed E-state index contributed by atoms with van der Waals surface area (Å²) in [6.07, 6.45) is 1.33. The number of amides is 2. The smallest absolute Gasteiger partial charge is 0.312 e. The first kappa shape index (κ1) is 15.5. The topological polar surface area (TPSA) is 63.4 Å². The highest BCUT2D eigenvalue weighted by Gasteiger charge is 2.30. The maximum atomic E-state index is 11.7. The van der Waals surface area contributed by atoms with Crippen molar-refractivity contribution < 1.29 is 9.59 Å². The fourth-order valence-corrected chi connectivity index (χ4v) is 2.25. The van der Waals surface area contributed by atoms with Gasteiger partial charge in [-0.25, -0.2) is 0 Å². The number of carbonyl (C=O) groups excluding carboxylic acids is 2. The predicted molar refractivity (Wildman–Crippen MR) is 65.6 cm³/mol. The average molecular weight is 269 g/mol. The fourth-order valence-electron chi connectivity index (χ4n) is 1.52. The zero-order chi connectivity index (χ0) is 12.7. The van der Waals surface area contributed by atoms with Gasteiger partial charge in [0, 0.05) is 23.8 Å². The zero-order valence-electron chi connectivity index (χ0n) is 9.58. The van der Waals surface area contributed by atoms with Gasteiger partial charge in [0.25, 0.3) is 0 Å². The molecule has 2 atom stereocenters. The van der Waals surface area contributed by atoms with Crippen molar-refractivity contribution in [3.05, 3.63) is 0 Å². The quantitative estimate of drug-likeness (QED) is 0.584. The summed E-state index contributed by atoms with van der Waals surface area (Å²) in [5.41, 5.74) is 5.01. The van der Waals surface area contributed by atoms with E-state index in [2.05, 4.69) is 0 Å². The Hall–Kier alpha value is -0.480. The SMILES string of the molecule is CCC(CCl)N(C(=O)C(N)=O)C(CC)CCl. The number of carbonyl (C=O) groups is 2. The molecule has 0 aromatic carbocycles.